The van der Waals surface area contributed by atoms with Gasteiger partial charge in [-0.2, -0.15) is 0 Å². The Morgan fingerprint density at radius 1 is 1.17 bits per heavy atom. The second kappa shape index (κ2) is 5.38. The van der Waals surface area contributed by atoms with Crippen molar-refractivity contribution >= 4 is 28.0 Å². The molecule has 1 fully saturated rings. The molecule has 120 valence electrons. The van der Waals surface area contributed by atoms with E-state index in [1.54, 1.807) is 6.07 Å². The van der Waals surface area contributed by atoms with Crippen molar-refractivity contribution in [3.63, 3.8) is 0 Å². The number of benzene rings is 1. The van der Waals surface area contributed by atoms with Crippen LogP contribution in [-0.2, 0) is 4.74 Å². The Labute approximate surface area is 133 Å². The fourth-order valence-electron chi connectivity index (χ4n) is 3.18. The van der Waals surface area contributed by atoms with Gasteiger partial charge in [-0.15, -0.1) is 0 Å². The zero-order chi connectivity index (χ0) is 16.0. The van der Waals surface area contributed by atoms with Gasteiger partial charge in [-0.1, -0.05) is 12.1 Å². The van der Waals surface area contributed by atoms with Crippen LogP contribution in [0.1, 0.15) is 19.9 Å². The third kappa shape index (κ3) is 2.21. The molecule has 3 heterocycles. The summed E-state index contributed by atoms with van der Waals surface area (Å²) < 4.78 is 12.9. The predicted molar refractivity (Wildman–Crippen MR) is 89.2 cm³/mol. The molecule has 3 aromatic rings. The molecule has 0 unspecified atom stereocenters. The van der Waals surface area contributed by atoms with Crippen LogP contribution in [0.2, 0.25) is 0 Å². The van der Waals surface area contributed by atoms with E-state index in [1.165, 1.54) is 0 Å². The molecule has 0 atom stereocenters. The van der Waals surface area contributed by atoms with Crippen molar-refractivity contribution in [1.82, 2.24) is 9.55 Å². The lowest BCUT2D eigenvalue weighted by Gasteiger charge is -2.29. The van der Waals surface area contributed by atoms with Gasteiger partial charge < -0.3 is 18.6 Å². The highest BCUT2D eigenvalue weighted by Crippen LogP contribution is 2.29. The predicted octanol–water partition coefficient (Wildman–Crippen LogP) is 2.56. The van der Waals surface area contributed by atoms with Gasteiger partial charge in [0.05, 0.1) is 13.2 Å². The van der Waals surface area contributed by atoms with Crippen molar-refractivity contribution in [2.75, 3.05) is 31.2 Å². The minimum absolute atomic E-state index is 0.113. The SMILES string of the molecule is CC(C)n1c(N2CCOCC2)nc2c3ccccc3oc(=O)c21. The summed E-state index contributed by atoms with van der Waals surface area (Å²) in [6, 6.07) is 7.66. The average molecular weight is 313 g/mol. The minimum Gasteiger partial charge on any atom is -0.421 e. The van der Waals surface area contributed by atoms with Crippen molar-refractivity contribution in [2.45, 2.75) is 19.9 Å². The lowest BCUT2D eigenvalue weighted by Crippen LogP contribution is -2.38. The third-order valence-electron chi connectivity index (χ3n) is 4.24. The first-order valence-corrected chi connectivity index (χ1v) is 7.93. The largest absolute Gasteiger partial charge is 0.421 e. The van der Waals surface area contributed by atoms with Crippen LogP contribution in [0.4, 0.5) is 5.95 Å². The summed E-state index contributed by atoms with van der Waals surface area (Å²) in [5, 5.41) is 0.871. The van der Waals surface area contributed by atoms with Crippen LogP contribution in [0.3, 0.4) is 0 Å². The third-order valence-corrected chi connectivity index (χ3v) is 4.24. The van der Waals surface area contributed by atoms with E-state index in [2.05, 4.69) is 18.7 Å². The molecule has 0 amide bonds. The minimum atomic E-state index is -0.334. The molecule has 23 heavy (non-hydrogen) atoms. The Balaban J connectivity index is 2.06. The van der Waals surface area contributed by atoms with E-state index in [0.29, 0.717) is 29.8 Å². The number of nitrogens with zero attached hydrogens (tertiary/aromatic N) is 3. The van der Waals surface area contributed by atoms with E-state index in [1.807, 2.05) is 22.8 Å². The van der Waals surface area contributed by atoms with E-state index >= 15 is 0 Å². The van der Waals surface area contributed by atoms with Gasteiger partial charge in [0, 0.05) is 24.5 Å². The lowest BCUT2D eigenvalue weighted by molar-refractivity contribution is 0.121. The number of hydrogen-bond acceptors (Lipinski definition) is 5. The number of morpholine rings is 1. The van der Waals surface area contributed by atoms with Gasteiger partial charge in [-0.3, -0.25) is 0 Å². The van der Waals surface area contributed by atoms with Gasteiger partial charge >= 0.3 is 5.63 Å². The summed E-state index contributed by atoms with van der Waals surface area (Å²) in [4.78, 5) is 19.5. The van der Waals surface area contributed by atoms with Gasteiger partial charge in [0.1, 0.15) is 11.1 Å². The second-order valence-corrected chi connectivity index (χ2v) is 6.06. The van der Waals surface area contributed by atoms with Crippen LogP contribution >= 0.6 is 0 Å². The monoisotopic (exact) mass is 313 g/mol. The first-order valence-electron chi connectivity index (χ1n) is 7.93. The molecule has 6 heteroatoms. The molecule has 0 N–H and O–H groups in total. The first kappa shape index (κ1) is 14.3. The molecular formula is C17H19N3O3. The molecule has 4 rings (SSSR count). The van der Waals surface area contributed by atoms with Gasteiger partial charge in [0.15, 0.2) is 5.52 Å². The van der Waals surface area contributed by atoms with Crippen molar-refractivity contribution < 1.29 is 9.15 Å². The van der Waals surface area contributed by atoms with E-state index in [4.69, 9.17) is 14.1 Å². The lowest BCUT2D eigenvalue weighted by atomic mass is 10.2. The van der Waals surface area contributed by atoms with Crippen molar-refractivity contribution in [3.8, 4) is 0 Å². The van der Waals surface area contributed by atoms with E-state index in [-0.39, 0.29) is 11.7 Å². The molecule has 0 saturated carbocycles. The van der Waals surface area contributed by atoms with Gasteiger partial charge in [0.2, 0.25) is 5.95 Å². The number of aromatic nitrogens is 2. The smallest absolute Gasteiger partial charge is 0.362 e. The summed E-state index contributed by atoms with van der Waals surface area (Å²) in [5.74, 6) is 0.821. The fourth-order valence-corrected chi connectivity index (χ4v) is 3.18. The zero-order valence-electron chi connectivity index (χ0n) is 13.3. The number of anilines is 1. The summed E-state index contributed by atoms with van der Waals surface area (Å²) in [6.07, 6.45) is 0. The topological polar surface area (TPSA) is 60.5 Å². The Hall–Kier alpha value is -2.34. The van der Waals surface area contributed by atoms with Crippen molar-refractivity contribution in [3.05, 3.63) is 34.7 Å². The van der Waals surface area contributed by atoms with Crippen molar-refractivity contribution in [1.29, 1.82) is 0 Å². The maximum atomic E-state index is 12.5. The molecule has 0 bridgehead atoms. The van der Waals surface area contributed by atoms with Crippen LogP contribution in [0, 0.1) is 0 Å². The summed E-state index contributed by atoms with van der Waals surface area (Å²) in [7, 11) is 0. The number of imidazole rings is 1. The zero-order valence-corrected chi connectivity index (χ0v) is 13.3. The van der Waals surface area contributed by atoms with Crippen molar-refractivity contribution in [2.24, 2.45) is 0 Å². The Bertz CT molecular complexity index is 920. The summed E-state index contributed by atoms with van der Waals surface area (Å²) in [5.41, 5.74) is 1.50. The highest BCUT2D eigenvalue weighted by Gasteiger charge is 2.24. The Kier molecular flexibility index (Phi) is 3.34. The Morgan fingerprint density at radius 2 is 1.91 bits per heavy atom. The highest BCUT2D eigenvalue weighted by molar-refractivity contribution is 6.01. The van der Waals surface area contributed by atoms with Gasteiger partial charge in [0.25, 0.3) is 0 Å². The van der Waals surface area contributed by atoms with Crippen LogP contribution in [-0.4, -0.2) is 35.9 Å². The molecule has 0 aliphatic carbocycles. The molecule has 2 aromatic heterocycles. The summed E-state index contributed by atoms with van der Waals surface area (Å²) in [6.45, 7) is 7.02. The molecule has 1 aliphatic heterocycles. The van der Waals surface area contributed by atoms with Crippen LogP contribution < -0.4 is 10.5 Å². The van der Waals surface area contributed by atoms with E-state index in [9.17, 15) is 4.79 Å². The first-order chi connectivity index (χ1) is 11.2. The fraction of sp³-hybridized carbons (Fsp3) is 0.412. The normalized spacial score (nSPS) is 15.9. The van der Waals surface area contributed by atoms with E-state index < -0.39 is 0 Å². The maximum absolute atomic E-state index is 12.5. The molecule has 1 aromatic carbocycles. The molecule has 0 radical (unpaired) electrons. The maximum Gasteiger partial charge on any atom is 0.362 e. The van der Waals surface area contributed by atoms with Crippen LogP contribution in [0.25, 0.3) is 22.0 Å². The molecule has 1 saturated heterocycles. The molecular weight excluding hydrogens is 294 g/mol. The summed E-state index contributed by atoms with van der Waals surface area (Å²) >= 11 is 0. The van der Waals surface area contributed by atoms with E-state index in [0.717, 1.165) is 24.4 Å². The second-order valence-electron chi connectivity index (χ2n) is 6.06. The standard InChI is InChI=1S/C17H19N3O3/c1-11(2)20-15-14(18-17(20)19-7-9-22-10-8-19)12-5-3-4-6-13(12)23-16(15)21/h3-6,11H,7-10H2,1-2H3. The molecule has 0 spiro atoms. The molecule has 6 nitrogen and oxygen atoms in total. The van der Waals surface area contributed by atoms with Gasteiger partial charge in [-0.05, 0) is 26.0 Å². The highest BCUT2D eigenvalue weighted by atomic mass is 16.5. The average Bonchev–Trinajstić information content (AvgIpc) is 2.97. The number of fused-ring (bicyclic) bond motifs is 3. The number of para-hydroxylation sites is 1. The number of rotatable bonds is 2. The number of ether oxygens (including phenoxy) is 1. The van der Waals surface area contributed by atoms with Gasteiger partial charge in [-0.25, -0.2) is 9.78 Å². The quantitative estimate of drug-likeness (QED) is 0.681. The van der Waals surface area contributed by atoms with Crippen LogP contribution in [0.5, 0.6) is 0 Å². The molecule has 1 aliphatic rings. The Morgan fingerprint density at radius 3 is 2.65 bits per heavy atom. The van der Waals surface area contributed by atoms with Crippen LogP contribution in [0.15, 0.2) is 33.5 Å². The number of hydrogen-bond donors (Lipinski definition) is 0.